The van der Waals surface area contributed by atoms with E-state index in [9.17, 15) is 24.9 Å². The van der Waals surface area contributed by atoms with Gasteiger partial charge in [-0.1, -0.05) is 295 Å². The third-order valence-corrected chi connectivity index (χ3v) is 14.8. The minimum absolute atomic E-state index is 0.000693. The van der Waals surface area contributed by atoms with Crippen molar-refractivity contribution < 1.29 is 29.6 Å². The molecular formula is C64H123NO6. The highest BCUT2D eigenvalue weighted by Gasteiger charge is 2.26. The average molecular weight is 1000 g/mol. The number of rotatable bonds is 59. The number of amides is 1. The molecule has 0 aromatic rings. The highest BCUT2D eigenvalue weighted by atomic mass is 16.5. The molecule has 7 nitrogen and oxygen atoms in total. The molecule has 7 heteroatoms. The largest absolute Gasteiger partial charge is 0.466 e. The van der Waals surface area contributed by atoms with Crippen molar-refractivity contribution in [3.63, 3.8) is 0 Å². The van der Waals surface area contributed by atoms with E-state index in [1.165, 1.54) is 244 Å². The van der Waals surface area contributed by atoms with E-state index in [1.807, 2.05) is 0 Å². The Morgan fingerprint density at radius 3 is 1.14 bits per heavy atom. The quantitative estimate of drug-likeness (QED) is 0.0274. The summed E-state index contributed by atoms with van der Waals surface area (Å²) in [6.07, 6.45) is 69.4. The first-order valence-corrected chi connectivity index (χ1v) is 31.7. The zero-order valence-electron chi connectivity index (χ0n) is 47.6. The normalized spacial score (nSPS) is 13.1. The van der Waals surface area contributed by atoms with Crippen molar-refractivity contribution in [2.24, 2.45) is 0 Å². The van der Waals surface area contributed by atoms with Gasteiger partial charge in [-0.2, -0.15) is 0 Å². The Balaban J connectivity index is 3.40. The molecule has 0 saturated carbocycles. The summed E-state index contributed by atoms with van der Waals surface area (Å²) in [7, 11) is 0. The number of carbonyl (C=O) groups is 2. The predicted octanol–water partition coefficient (Wildman–Crippen LogP) is 18.8. The van der Waals surface area contributed by atoms with E-state index >= 15 is 0 Å². The lowest BCUT2D eigenvalue weighted by Gasteiger charge is -2.26. The Hall–Kier alpha value is -1.70. The fraction of sp³-hybridized carbons (Fsp3) is 0.906. The van der Waals surface area contributed by atoms with E-state index in [1.54, 1.807) is 0 Å². The van der Waals surface area contributed by atoms with E-state index in [2.05, 4.69) is 43.5 Å². The second-order valence-electron chi connectivity index (χ2n) is 21.9. The van der Waals surface area contributed by atoms with Crippen LogP contribution in [0.25, 0.3) is 0 Å². The van der Waals surface area contributed by atoms with Crippen molar-refractivity contribution in [3.8, 4) is 0 Å². The van der Waals surface area contributed by atoms with Crippen molar-refractivity contribution in [3.05, 3.63) is 24.3 Å². The Labute approximate surface area is 442 Å². The van der Waals surface area contributed by atoms with Crippen molar-refractivity contribution in [1.29, 1.82) is 0 Å². The molecule has 0 aliphatic heterocycles. The van der Waals surface area contributed by atoms with Crippen LogP contribution in [-0.4, -0.2) is 58.7 Å². The van der Waals surface area contributed by atoms with Gasteiger partial charge in [0.25, 0.3) is 0 Å². The van der Waals surface area contributed by atoms with Gasteiger partial charge in [-0.3, -0.25) is 9.59 Å². The van der Waals surface area contributed by atoms with Crippen molar-refractivity contribution in [2.75, 3.05) is 13.2 Å². The number of allylic oxidation sites excluding steroid dienone is 4. The van der Waals surface area contributed by atoms with Crippen LogP contribution in [0.3, 0.4) is 0 Å². The predicted molar refractivity (Wildman–Crippen MR) is 307 cm³/mol. The molecule has 0 radical (unpaired) electrons. The molecule has 0 aromatic carbocycles. The van der Waals surface area contributed by atoms with E-state index in [0.717, 1.165) is 64.2 Å². The molecule has 420 valence electrons. The Morgan fingerprint density at radius 1 is 0.408 bits per heavy atom. The molecule has 71 heavy (non-hydrogen) atoms. The standard InChI is InChI=1S/C64H123NO6/c1-3-5-7-9-11-13-15-17-29-33-37-41-45-49-53-57-63(69)71-58-54-50-46-42-38-34-31-28-26-24-22-20-18-19-21-23-25-27-30-32-36-40-44-48-52-56-62(68)65-60(59-66)64(70)61(67)55-51-47-43-39-35-16-14-12-10-8-6-4-2/h11,13,17,29,60-61,64,66-67,70H,3-10,12,14-16,18-28,30-59H2,1-2H3,(H,65,68)/b13-11-,29-17-/t60-,61+,64-/m0/s1. The summed E-state index contributed by atoms with van der Waals surface area (Å²) >= 11 is 0. The summed E-state index contributed by atoms with van der Waals surface area (Å²) in [6.45, 7) is 4.75. The third kappa shape index (κ3) is 54.4. The van der Waals surface area contributed by atoms with Crippen LogP contribution in [0.5, 0.6) is 0 Å². The minimum Gasteiger partial charge on any atom is -0.466 e. The van der Waals surface area contributed by atoms with Gasteiger partial charge in [-0.15, -0.1) is 0 Å². The summed E-state index contributed by atoms with van der Waals surface area (Å²) in [4.78, 5) is 24.5. The lowest BCUT2D eigenvalue weighted by atomic mass is 9.99. The molecule has 1 amide bonds. The van der Waals surface area contributed by atoms with E-state index in [4.69, 9.17) is 4.74 Å². The molecule has 0 aromatic heterocycles. The van der Waals surface area contributed by atoms with E-state index in [0.29, 0.717) is 25.9 Å². The zero-order chi connectivity index (χ0) is 51.6. The zero-order valence-corrected chi connectivity index (χ0v) is 47.6. The van der Waals surface area contributed by atoms with Gasteiger partial charge < -0.3 is 25.4 Å². The Morgan fingerprint density at radius 2 is 0.732 bits per heavy atom. The maximum absolute atomic E-state index is 12.5. The van der Waals surface area contributed by atoms with E-state index in [-0.39, 0.29) is 18.5 Å². The SMILES string of the molecule is CCCCC/C=C\C/C=C\CCCCCCCC(=O)OCCCCCCCCCCCCCCCCCCCCCCCCCCCC(=O)N[C@@H](CO)[C@H](O)[C@H](O)CCCCCCCCCCCCCC. The van der Waals surface area contributed by atoms with Gasteiger partial charge in [0.15, 0.2) is 0 Å². The maximum atomic E-state index is 12.5. The maximum Gasteiger partial charge on any atom is 0.305 e. The van der Waals surface area contributed by atoms with Crippen LogP contribution in [0.15, 0.2) is 24.3 Å². The number of esters is 1. The lowest BCUT2D eigenvalue weighted by Crippen LogP contribution is -2.50. The topological polar surface area (TPSA) is 116 Å². The van der Waals surface area contributed by atoms with Crippen LogP contribution in [0, 0.1) is 0 Å². The molecule has 4 N–H and O–H groups in total. The van der Waals surface area contributed by atoms with Crippen molar-refractivity contribution in [1.82, 2.24) is 5.32 Å². The second kappa shape index (κ2) is 59.2. The summed E-state index contributed by atoms with van der Waals surface area (Å²) < 4.78 is 5.48. The number of aliphatic hydroxyl groups is 3. The first-order chi connectivity index (χ1) is 35.0. The van der Waals surface area contributed by atoms with Gasteiger partial charge in [0, 0.05) is 12.8 Å². The van der Waals surface area contributed by atoms with Crippen LogP contribution in [0.2, 0.25) is 0 Å². The minimum atomic E-state index is -1.14. The first-order valence-electron chi connectivity index (χ1n) is 31.7. The highest BCUT2D eigenvalue weighted by molar-refractivity contribution is 5.76. The van der Waals surface area contributed by atoms with Gasteiger partial charge >= 0.3 is 5.97 Å². The van der Waals surface area contributed by atoms with Gasteiger partial charge in [0.1, 0.15) is 6.10 Å². The van der Waals surface area contributed by atoms with Crippen molar-refractivity contribution in [2.45, 2.75) is 360 Å². The lowest BCUT2D eigenvalue weighted by molar-refractivity contribution is -0.143. The Kier molecular flexibility index (Phi) is 57.8. The number of hydrogen-bond donors (Lipinski definition) is 4. The van der Waals surface area contributed by atoms with Gasteiger partial charge in [0.2, 0.25) is 5.91 Å². The first kappa shape index (κ1) is 69.3. The fourth-order valence-electron chi connectivity index (χ4n) is 9.94. The molecule has 0 spiro atoms. The van der Waals surface area contributed by atoms with Crippen LogP contribution in [0.1, 0.15) is 341 Å². The van der Waals surface area contributed by atoms with Crippen LogP contribution in [0.4, 0.5) is 0 Å². The number of carbonyl (C=O) groups excluding carboxylic acids is 2. The molecule has 0 rings (SSSR count). The van der Waals surface area contributed by atoms with E-state index < -0.39 is 18.2 Å². The second-order valence-corrected chi connectivity index (χ2v) is 21.9. The number of hydrogen-bond acceptors (Lipinski definition) is 6. The molecule has 0 bridgehead atoms. The van der Waals surface area contributed by atoms with Crippen molar-refractivity contribution >= 4 is 11.9 Å². The average Bonchev–Trinajstić information content (AvgIpc) is 3.37. The van der Waals surface area contributed by atoms with Gasteiger partial charge in [-0.25, -0.2) is 0 Å². The Bertz CT molecular complexity index is 1130. The molecule has 3 atom stereocenters. The molecule has 0 saturated heterocycles. The monoisotopic (exact) mass is 1000 g/mol. The highest BCUT2D eigenvalue weighted by Crippen LogP contribution is 2.18. The third-order valence-electron chi connectivity index (χ3n) is 14.8. The summed E-state index contributed by atoms with van der Waals surface area (Å²) in [5, 5.41) is 33.7. The molecule has 0 aliphatic carbocycles. The number of unbranched alkanes of at least 4 members (excludes halogenated alkanes) is 43. The summed E-state index contributed by atoms with van der Waals surface area (Å²) in [6, 6.07) is -0.812. The number of ether oxygens (including phenoxy) is 1. The van der Waals surface area contributed by atoms with Crippen LogP contribution in [-0.2, 0) is 14.3 Å². The molecule has 0 aliphatic rings. The molecular weight excluding hydrogens is 879 g/mol. The molecule has 0 unspecified atom stereocenters. The van der Waals surface area contributed by atoms with Gasteiger partial charge in [0.05, 0.1) is 25.4 Å². The molecule has 0 fully saturated rings. The molecule has 0 heterocycles. The number of nitrogens with one attached hydrogen (secondary N) is 1. The summed E-state index contributed by atoms with van der Waals surface area (Å²) in [5.41, 5.74) is 0. The fourth-order valence-corrected chi connectivity index (χ4v) is 9.94. The number of aliphatic hydroxyl groups excluding tert-OH is 3. The smallest absolute Gasteiger partial charge is 0.305 e. The summed E-state index contributed by atoms with van der Waals surface area (Å²) in [5.74, 6) is -0.146. The van der Waals surface area contributed by atoms with Crippen LogP contribution >= 0.6 is 0 Å². The van der Waals surface area contributed by atoms with Crippen LogP contribution < -0.4 is 5.32 Å². The van der Waals surface area contributed by atoms with Gasteiger partial charge in [-0.05, 0) is 57.8 Å².